The van der Waals surface area contributed by atoms with E-state index in [1.165, 1.54) is 0 Å². The van der Waals surface area contributed by atoms with Crippen molar-refractivity contribution in [2.24, 2.45) is 0 Å². The molecule has 0 rings (SSSR count). The summed E-state index contributed by atoms with van der Waals surface area (Å²) in [6, 6.07) is 0. The Bertz CT molecular complexity index is 8.49. The number of rotatable bonds is 0. The summed E-state index contributed by atoms with van der Waals surface area (Å²) in [6.07, 6.45) is 0. The van der Waals surface area contributed by atoms with Crippen LogP contribution in [0, 0.1) is 46.9 Å². The second-order valence-electron chi connectivity index (χ2n) is 0. The molecule has 0 fully saturated rings. The van der Waals surface area contributed by atoms with Crippen LogP contribution in [0.4, 0.5) is 0 Å². The third-order valence-electron chi connectivity index (χ3n) is 0. The minimum atomic E-state index is 0. The molecule has 0 unspecified atom stereocenters. The largest absolute Gasteiger partial charge is 0.412 e. The van der Waals surface area contributed by atoms with E-state index < -0.39 is 0 Å². The molecule has 12 N–H and O–H groups in total. The zero-order chi connectivity index (χ0) is 0. The number of halogens is 1. The third-order valence-corrected chi connectivity index (χ3v) is 0. The molecule has 8 heteroatoms. The Morgan fingerprint density at radius 1 is 0.375 bits per heavy atom. The zero-order valence-corrected chi connectivity index (χ0v) is 7.10. The summed E-state index contributed by atoms with van der Waals surface area (Å²) in [7, 11) is 0. The molecule has 0 aromatic heterocycles. The average molecular weight is 362 g/mol. The van der Waals surface area contributed by atoms with Crippen molar-refractivity contribution >= 4 is 17.0 Å². The van der Waals surface area contributed by atoms with Crippen LogP contribution in [0.3, 0.4) is 0 Å². The van der Waals surface area contributed by atoms with E-state index in [1.807, 2.05) is 0 Å². The van der Waals surface area contributed by atoms with Gasteiger partial charge in [0.15, 0.2) is 0 Å². The molecule has 0 amide bonds. The Kier molecular flexibility index (Phi) is 5150. The Labute approximate surface area is 95.5 Å². The smallest absolute Gasteiger partial charge is 0 e. The van der Waals surface area contributed by atoms with Crippen molar-refractivity contribution < 1.29 is 79.8 Å². The second-order valence-corrected chi connectivity index (χ2v) is 0. The van der Waals surface area contributed by atoms with E-state index in [0.29, 0.717) is 0 Å². The van der Waals surface area contributed by atoms with Crippen molar-refractivity contribution in [2.45, 2.75) is 0 Å². The molecule has 0 aromatic rings. The standard InChI is InChI=1S/BrH.6H2O.Yb/h1H;6*1H2;. The van der Waals surface area contributed by atoms with Gasteiger partial charge in [-0.15, -0.1) is 17.0 Å². The van der Waals surface area contributed by atoms with Crippen molar-refractivity contribution in [3.05, 3.63) is 0 Å². The fraction of sp³-hybridized carbons (Fsp3) is 0. The van der Waals surface area contributed by atoms with Gasteiger partial charge in [-0.05, 0) is 0 Å². The number of hydrogen-bond acceptors (Lipinski definition) is 0. The first-order valence-electron chi connectivity index (χ1n) is 0. The van der Waals surface area contributed by atoms with Crippen molar-refractivity contribution in [2.75, 3.05) is 0 Å². The Morgan fingerprint density at radius 2 is 0.375 bits per heavy atom. The molecular weight excluding hydrogens is 349 g/mol. The van der Waals surface area contributed by atoms with Gasteiger partial charge in [-0.3, -0.25) is 0 Å². The maximum absolute atomic E-state index is 0. The number of hydrogen-bond donors (Lipinski definition) is 0. The quantitative estimate of drug-likeness (QED) is 0.403. The summed E-state index contributed by atoms with van der Waals surface area (Å²) in [5, 5.41) is 0. The molecule has 0 aromatic carbocycles. The molecule has 8 heavy (non-hydrogen) atoms. The molecule has 0 saturated carbocycles. The van der Waals surface area contributed by atoms with Gasteiger partial charge in [0.25, 0.3) is 0 Å². The summed E-state index contributed by atoms with van der Waals surface area (Å²) in [4.78, 5) is 0. The Balaban J connectivity index is 0. The van der Waals surface area contributed by atoms with E-state index in [9.17, 15) is 0 Å². The fourth-order valence-corrected chi connectivity index (χ4v) is 0. The van der Waals surface area contributed by atoms with Crippen LogP contribution >= 0.6 is 17.0 Å². The molecule has 70 valence electrons. The summed E-state index contributed by atoms with van der Waals surface area (Å²) >= 11 is 0. The molecule has 0 aliphatic heterocycles. The van der Waals surface area contributed by atoms with Gasteiger partial charge >= 0.3 is 0 Å². The van der Waals surface area contributed by atoms with E-state index in [0.717, 1.165) is 0 Å². The van der Waals surface area contributed by atoms with Crippen LogP contribution in [0.1, 0.15) is 0 Å². The molecule has 0 bridgehead atoms. The van der Waals surface area contributed by atoms with Gasteiger partial charge in [-0.1, -0.05) is 0 Å². The van der Waals surface area contributed by atoms with Crippen molar-refractivity contribution in [3.63, 3.8) is 0 Å². The van der Waals surface area contributed by atoms with Gasteiger partial charge in [-0.2, -0.15) is 0 Å². The van der Waals surface area contributed by atoms with E-state index in [2.05, 4.69) is 0 Å². The van der Waals surface area contributed by atoms with Crippen LogP contribution < -0.4 is 0 Å². The first kappa shape index (κ1) is 242. The van der Waals surface area contributed by atoms with Crippen LogP contribution in [0.25, 0.3) is 0 Å². The van der Waals surface area contributed by atoms with Gasteiger partial charge in [-0.25, -0.2) is 0 Å². The normalized spacial score (nSPS) is 0. The molecular formula is H13BrO6Yb. The first-order valence-corrected chi connectivity index (χ1v) is 0. The van der Waals surface area contributed by atoms with Crippen LogP contribution in [0.5, 0.6) is 0 Å². The topological polar surface area (TPSA) is 189 Å². The summed E-state index contributed by atoms with van der Waals surface area (Å²) in [5.74, 6) is 0. The second kappa shape index (κ2) is 170. The van der Waals surface area contributed by atoms with Gasteiger partial charge < -0.3 is 32.9 Å². The van der Waals surface area contributed by atoms with E-state index in [-0.39, 0.29) is 96.8 Å². The maximum Gasteiger partial charge on any atom is 0 e. The van der Waals surface area contributed by atoms with Crippen LogP contribution in [-0.2, 0) is 0 Å². The van der Waals surface area contributed by atoms with Gasteiger partial charge in [0.1, 0.15) is 0 Å². The molecule has 0 spiro atoms. The minimum absolute atomic E-state index is 0. The minimum Gasteiger partial charge on any atom is -0.412 e. The molecule has 6 nitrogen and oxygen atoms in total. The molecule has 0 aliphatic carbocycles. The molecule has 0 saturated heterocycles. The van der Waals surface area contributed by atoms with Crippen LogP contribution in [0.2, 0.25) is 0 Å². The summed E-state index contributed by atoms with van der Waals surface area (Å²) < 4.78 is 0. The predicted octanol–water partition coefficient (Wildman–Crippen LogP) is -4.37. The molecule has 0 atom stereocenters. The SMILES string of the molecule is Br.O.O.O.O.O.O.[Yb]. The monoisotopic (exact) mass is 362 g/mol. The molecule has 0 heterocycles. The summed E-state index contributed by atoms with van der Waals surface area (Å²) in [6.45, 7) is 0. The van der Waals surface area contributed by atoms with Gasteiger partial charge in [0.05, 0.1) is 0 Å². The van der Waals surface area contributed by atoms with Crippen molar-refractivity contribution in [3.8, 4) is 0 Å². The van der Waals surface area contributed by atoms with Crippen molar-refractivity contribution in [1.82, 2.24) is 0 Å². The predicted molar refractivity (Wildman–Crippen MR) is 32.0 cm³/mol. The van der Waals surface area contributed by atoms with Crippen LogP contribution in [0.15, 0.2) is 0 Å². The van der Waals surface area contributed by atoms with Gasteiger partial charge in [0.2, 0.25) is 0 Å². The van der Waals surface area contributed by atoms with E-state index in [1.54, 1.807) is 0 Å². The van der Waals surface area contributed by atoms with Crippen molar-refractivity contribution in [1.29, 1.82) is 0 Å². The van der Waals surface area contributed by atoms with E-state index >= 15 is 0 Å². The zero-order valence-electron chi connectivity index (χ0n) is 3.68. The first-order chi connectivity index (χ1) is 0. The van der Waals surface area contributed by atoms with Gasteiger partial charge in [0, 0.05) is 46.9 Å². The van der Waals surface area contributed by atoms with E-state index in [4.69, 9.17) is 0 Å². The van der Waals surface area contributed by atoms with Crippen LogP contribution in [-0.4, -0.2) is 32.9 Å². The Hall–Kier alpha value is 1.76. The fourth-order valence-electron chi connectivity index (χ4n) is 0. The maximum atomic E-state index is 0. The molecule has 0 aliphatic rings. The Morgan fingerprint density at radius 3 is 0.375 bits per heavy atom. The molecule has 0 radical (unpaired) electrons. The summed E-state index contributed by atoms with van der Waals surface area (Å²) in [5.41, 5.74) is 0. The average Bonchev–Trinajstić information content (AvgIpc) is 0. The third kappa shape index (κ3) is 115.